The Kier molecular flexibility index (Phi) is 3.47. The van der Waals surface area contributed by atoms with Crippen molar-refractivity contribution in [2.24, 2.45) is 0 Å². The molecule has 0 atom stereocenters. The molecule has 3 nitrogen and oxygen atoms in total. The van der Waals surface area contributed by atoms with Gasteiger partial charge in [-0.25, -0.2) is 4.98 Å². The summed E-state index contributed by atoms with van der Waals surface area (Å²) < 4.78 is 0. The number of rotatable bonds is 2. The van der Waals surface area contributed by atoms with Gasteiger partial charge >= 0.3 is 0 Å². The van der Waals surface area contributed by atoms with E-state index in [1.54, 1.807) is 17.5 Å². The minimum atomic E-state index is 0.759. The van der Waals surface area contributed by atoms with Gasteiger partial charge in [-0.05, 0) is 37.5 Å². The zero-order chi connectivity index (χ0) is 13.1. The van der Waals surface area contributed by atoms with Crippen molar-refractivity contribution in [3.63, 3.8) is 0 Å². The molecule has 0 spiro atoms. The van der Waals surface area contributed by atoms with Crippen LogP contribution in [0, 0.1) is 11.3 Å². The summed E-state index contributed by atoms with van der Waals surface area (Å²) in [4.78, 5) is 6.63. The van der Waals surface area contributed by atoms with Gasteiger partial charge in [-0.3, -0.25) is 0 Å². The minimum Gasteiger partial charge on any atom is -0.370 e. The van der Waals surface area contributed by atoms with Crippen LogP contribution in [0.1, 0.15) is 24.8 Å². The van der Waals surface area contributed by atoms with E-state index >= 15 is 0 Å². The highest BCUT2D eigenvalue weighted by molar-refractivity contribution is 7.13. The van der Waals surface area contributed by atoms with Crippen molar-refractivity contribution >= 4 is 17.0 Å². The van der Waals surface area contributed by atoms with E-state index in [0.717, 1.165) is 34.9 Å². The Morgan fingerprint density at radius 3 is 2.74 bits per heavy atom. The third kappa shape index (κ3) is 2.47. The molecule has 0 amide bonds. The zero-order valence-electron chi connectivity index (χ0n) is 10.7. The van der Waals surface area contributed by atoms with E-state index in [2.05, 4.69) is 28.1 Å². The molecule has 0 N–H and O–H groups in total. The van der Waals surface area contributed by atoms with E-state index in [-0.39, 0.29) is 0 Å². The summed E-state index contributed by atoms with van der Waals surface area (Å²) in [6.45, 7) is 2.12. The van der Waals surface area contributed by atoms with Gasteiger partial charge in [0.25, 0.3) is 0 Å². The van der Waals surface area contributed by atoms with Crippen molar-refractivity contribution in [2.45, 2.75) is 19.3 Å². The third-order valence-electron chi connectivity index (χ3n) is 3.49. The molecule has 4 heteroatoms. The van der Waals surface area contributed by atoms with Crippen LogP contribution in [0.4, 0.5) is 5.69 Å². The number of nitrogens with zero attached hydrogens (tertiary/aromatic N) is 3. The molecule has 0 saturated carbocycles. The predicted octanol–water partition coefficient (Wildman–Crippen LogP) is 3.67. The van der Waals surface area contributed by atoms with Crippen LogP contribution in [0.25, 0.3) is 10.6 Å². The maximum atomic E-state index is 9.38. The van der Waals surface area contributed by atoms with Crippen LogP contribution in [0.2, 0.25) is 0 Å². The fraction of sp³-hybridized carbons (Fsp3) is 0.333. The highest BCUT2D eigenvalue weighted by Gasteiger charge is 2.15. The minimum absolute atomic E-state index is 0.759. The molecular weight excluding hydrogens is 254 g/mol. The van der Waals surface area contributed by atoms with E-state index < -0.39 is 0 Å². The monoisotopic (exact) mass is 269 g/mol. The van der Waals surface area contributed by atoms with Crippen molar-refractivity contribution < 1.29 is 0 Å². The smallest absolute Gasteiger partial charge is 0.123 e. The second kappa shape index (κ2) is 5.41. The van der Waals surface area contributed by atoms with E-state index in [4.69, 9.17) is 0 Å². The van der Waals surface area contributed by atoms with Gasteiger partial charge in [0.15, 0.2) is 0 Å². The summed E-state index contributed by atoms with van der Waals surface area (Å²) >= 11 is 1.60. The maximum Gasteiger partial charge on any atom is 0.123 e. The third-order valence-corrected chi connectivity index (χ3v) is 4.32. The summed E-state index contributed by atoms with van der Waals surface area (Å²) in [5, 5.41) is 12.3. The molecule has 19 heavy (non-hydrogen) atoms. The summed E-state index contributed by atoms with van der Waals surface area (Å²) in [6, 6.07) is 8.43. The molecule has 3 rings (SSSR count). The van der Waals surface area contributed by atoms with Gasteiger partial charge in [-0.1, -0.05) is 0 Å². The second-order valence-electron chi connectivity index (χ2n) is 4.73. The van der Waals surface area contributed by atoms with Crippen LogP contribution in [0.15, 0.2) is 29.8 Å². The van der Waals surface area contributed by atoms with Crippen molar-refractivity contribution in [3.8, 4) is 16.6 Å². The Hall–Kier alpha value is -1.86. The summed E-state index contributed by atoms with van der Waals surface area (Å²) in [5.41, 5.74) is 2.87. The lowest BCUT2D eigenvalue weighted by molar-refractivity contribution is 0.577. The van der Waals surface area contributed by atoms with Gasteiger partial charge in [0.1, 0.15) is 11.1 Å². The molecule has 1 saturated heterocycles. The largest absolute Gasteiger partial charge is 0.370 e. The number of benzene rings is 1. The van der Waals surface area contributed by atoms with Gasteiger partial charge < -0.3 is 4.90 Å². The first-order valence-corrected chi connectivity index (χ1v) is 7.45. The lowest BCUT2D eigenvalue weighted by atomic mass is 10.1. The molecule has 1 fully saturated rings. The molecule has 1 aliphatic rings. The standard InChI is InChI=1S/C15H15N3S/c16-11-13-10-12(15-17-6-9-19-15)4-5-14(13)18-7-2-1-3-8-18/h4-6,9-10H,1-3,7-8H2. The number of piperidine rings is 1. The molecule has 1 aliphatic heterocycles. The SMILES string of the molecule is N#Cc1cc(-c2nccs2)ccc1N1CCCCC1. The first-order chi connectivity index (χ1) is 9.38. The molecule has 96 valence electrons. The summed E-state index contributed by atoms with van der Waals surface area (Å²) in [5.74, 6) is 0. The number of hydrogen-bond donors (Lipinski definition) is 0. The van der Waals surface area contributed by atoms with Crippen LogP contribution >= 0.6 is 11.3 Å². The van der Waals surface area contributed by atoms with Crippen LogP contribution in [0.3, 0.4) is 0 Å². The van der Waals surface area contributed by atoms with E-state index in [0.29, 0.717) is 0 Å². The lowest BCUT2D eigenvalue weighted by Crippen LogP contribution is -2.29. The first-order valence-electron chi connectivity index (χ1n) is 6.57. The lowest BCUT2D eigenvalue weighted by Gasteiger charge is -2.29. The van der Waals surface area contributed by atoms with Crippen molar-refractivity contribution in [1.82, 2.24) is 4.98 Å². The number of nitriles is 1. The highest BCUT2D eigenvalue weighted by atomic mass is 32.1. The molecule has 0 bridgehead atoms. The van der Waals surface area contributed by atoms with Crippen molar-refractivity contribution in [1.29, 1.82) is 5.26 Å². The fourth-order valence-electron chi connectivity index (χ4n) is 2.54. The molecule has 0 unspecified atom stereocenters. The Balaban J connectivity index is 1.96. The Morgan fingerprint density at radius 1 is 1.21 bits per heavy atom. The van der Waals surface area contributed by atoms with E-state index in [9.17, 15) is 5.26 Å². The quantitative estimate of drug-likeness (QED) is 0.835. The van der Waals surface area contributed by atoms with Gasteiger partial charge in [0.2, 0.25) is 0 Å². The average molecular weight is 269 g/mol. The van der Waals surface area contributed by atoms with Gasteiger partial charge in [0.05, 0.1) is 11.3 Å². The van der Waals surface area contributed by atoms with E-state index in [1.165, 1.54) is 19.3 Å². The van der Waals surface area contributed by atoms with Crippen LogP contribution in [-0.2, 0) is 0 Å². The number of hydrogen-bond acceptors (Lipinski definition) is 4. The molecule has 0 aliphatic carbocycles. The Labute approximate surface area is 117 Å². The topological polar surface area (TPSA) is 39.9 Å². The summed E-state index contributed by atoms with van der Waals surface area (Å²) in [6.07, 6.45) is 5.54. The molecule has 2 heterocycles. The zero-order valence-corrected chi connectivity index (χ0v) is 11.5. The average Bonchev–Trinajstić information content (AvgIpc) is 3.02. The maximum absolute atomic E-state index is 9.38. The first kappa shape index (κ1) is 12.2. The Bertz CT molecular complexity index is 592. The molecule has 1 aromatic heterocycles. The van der Waals surface area contributed by atoms with Gasteiger partial charge in [-0.15, -0.1) is 11.3 Å². The summed E-state index contributed by atoms with van der Waals surface area (Å²) in [7, 11) is 0. The molecular formula is C15H15N3S. The van der Waals surface area contributed by atoms with Gasteiger partial charge in [-0.2, -0.15) is 5.26 Å². The molecule has 2 aromatic rings. The second-order valence-corrected chi connectivity index (χ2v) is 5.62. The van der Waals surface area contributed by atoms with Crippen LogP contribution < -0.4 is 4.90 Å². The number of thiazole rings is 1. The fourth-order valence-corrected chi connectivity index (χ4v) is 3.17. The Morgan fingerprint density at radius 2 is 2.05 bits per heavy atom. The number of aromatic nitrogens is 1. The molecule has 1 aromatic carbocycles. The van der Waals surface area contributed by atoms with Crippen molar-refractivity contribution in [2.75, 3.05) is 18.0 Å². The number of anilines is 1. The van der Waals surface area contributed by atoms with Crippen LogP contribution in [-0.4, -0.2) is 18.1 Å². The van der Waals surface area contributed by atoms with Crippen molar-refractivity contribution in [3.05, 3.63) is 35.3 Å². The van der Waals surface area contributed by atoms with E-state index in [1.807, 2.05) is 11.4 Å². The predicted molar refractivity (Wildman–Crippen MR) is 78.3 cm³/mol. The van der Waals surface area contributed by atoms with Gasteiger partial charge in [0, 0.05) is 30.2 Å². The highest BCUT2D eigenvalue weighted by Crippen LogP contribution is 2.29. The molecule has 0 radical (unpaired) electrons. The van der Waals surface area contributed by atoms with Crippen LogP contribution in [0.5, 0.6) is 0 Å². The normalized spacial score (nSPS) is 15.2.